The molecule has 0 bridgehead atoms. The Morgan fingerprint density at radius 2 is 0.549 bits per heavy atom. The summed E-state index contributed by atoms with van der Waals surface area (Å²) in [4.78, 5) is 38.2. The van der Waals surface area contributed by atoms with Crippen molar-refractivity contribution in [2.24, 2.45) is 0 Å². The second-order valence-corrected chi connectivity index (χ2v) is 19.5. The van der Waals surface area contributed by atoms with Crippen LogP contribution in [0.25, 0.3) is 0 Å². The zero-order chi connectivity index (χ0) is 51.4. The van der Waals surface area contributed by atoms with E-state index < -0.39 is 6.10 Å². The van der Waals surface area contributed by atoms with Crippen LogP contribution >= 0.6 is 0 Å². The lowest BCUT2D eigenvalue weighted by molar-refractivity contribution is -0.167. The van der Waals surface area contributed by atoms with Gasteiger partial charge >= 0.3 is 17.9 Å². The molecule has 1 unspecified atom stereocenters. The van der Waals surface area contributed by atoms with Gasteiger partial charge < -0.3 is 14.2 Å². The largest absolute Gasteiger partial charge is 0.462 e. The SMILES string of the molecule is CC/C=C\C/C=C\C/C=C\C/C=C\CCCCC(=O)OC(COC(=O)CCCCCCC/C=C\C/C=C\C/C=C\CC)COC(=O)CCCCCCCCCCCCC/C=C\CCCCCCCCCC. The van der Waals surface area contributed by atoms with E-state index in [9.17, 15) is 14.4 Å². The molecule has 0 spiro atoms. The van der Waals surface area contributed by atoms with Crippen molar-refractivity contribution in [2.45, 2.75) is 284 Å². The molecule has 0 heterocycles. The molecule has 406 valence electrons. The van der Waals surface area contributed by atoms with Crippen molar-refractivity contribution in [1.29, 1.82) is 0 Å². The number of carbonyl (C=O) groups excluding carboxylic acids is 3. The van der Waals surface area contributed by atoms with Gasteiger partial charge in [0.1, 0.15) is 13.2 Å². The van der Waals surface area contributed by atoms with Crippen LogP contribution in [0.3, 0.4) is 0 Å². The summed E-state index contributed by atoms with van der Waals surface area (Å²) < 4.78 is 16.8. The number of esters is 3. The first-order chi connectivity index (χ1) is 35.0. The summed E-state index contributed by atoms with van der Waals surface area (Å²) in [6.07, 6.45) is 78.4. The Morgan fingerprint density at radius 1 is 0.296 bits per heavy atom. The Morgan fingerprint density at radius 3 is 0.901 bits per heavy atom. The first-order valence-electron chi connectivity index (χ1n) is 29.7. The number of hydrogen-bond donors (Lipinski definition) is 0. The van der Waals surface area contributed by atoms with Crippen molar-refractivity contribution in [3.8, 4) is 0 Å². The van der Waals surface area contributed by atoms with Crippen LogP contribution in [-0.2, 0) is 28.6 Å². The molecule has 0 aliphatic carbocycles. The van der Waals surface area contributed by atoms with E-state index in [1.165, 1.54) is 116 Å². The van der Waals surface area contributed by atoms with Gasteiger partial charge in [-0.15, -0.1) is 0 Å². The van der Waals surface area contributed by atoms with Gasteiger partial charge in [-0.3, -0.25) is 14.4 Å². The highest BCUT2D eigenvalue weighted by atomic mass is 16.6. The van der Waals surface area contributed by atoms with Crippen LogP contribution in [0.4, 0.5) is 0 Å². The topological polar surface area (TPSA) is 78.9 Å². The molecule has 0 aliphatic heterocycles. The Labute approximate surface area is 438 Å². The molecule has 0 aromatic rings. The maximum atomic E-state index is 12.8. The van der Waals surface area contributed by atoms with Gasteiger partial charge in [0.15, 0.2) is 6.10 Å². The Balaban J connectivity index is 4.38. The molecule has 0 rings (SSSR count). The minimum atomic E-state index is -0.808. The fourth-order valence-corrected chi connectivity index (χ4v) is 8.15. The highest BCUT2D eigenvalue weighted by molar-refractivity contribution is 5.71. The summed E-state index contributed by atoms with van der Waals surface area (Å²) in [7, 11) is 0. The Hall–Kier alpha value is -3.67. The smallest absolute Gasteiger partial charge is 0.306 e. The van der Waals surface area contributed by atoms with Crippen LogP contribution in [0.15, 0.2) is 97.2 Å². The number of hydrogen-bond acceptors (Lipinski definition) is 6. The average Bonchev–Trinajstić information content (AvgIpc) is 3.37. The van der Waals surface area contributed by atoms with Gasteiger partial charge in [0, 0.05) is 19.3 Å². The van der Waals surface area contributed by atoms with Crippen molar-refractivity contribution in [3.63, 3.8) is 0 Å². The number of rotatable bonds is 53. The molecular weight excluding hydrogens is 877 g/mol. The lowest BCUT2D eigenvalue weighted by atomic mass is 10.0. The average molecular weight is 988 g/mol. The summed E-state index contributed by atoms with van der Waals surface area (Å²) in [5, 5.41) is 0. The van der Waals surface area contributed by atoms with Gasteiger partial charge in [-0.1, -0.05) is 240 Å². The minimum Gasteiger partial charge on any atom is -0.462 e. The molecule has 0 radical (unpaired) electrons. The molecule has 0 aromatic carbocycles. The van der Waals surface area contributed by atoms with E-state index in [1.54, 1.807) is 0 Å². The van der Waals surface area contributed by atoms with E-state index in [-0.39, 0.29) is 37.5 Å². The number of ether oxygens (including phenoxy) is 3. The molecule has 1 atom stereocenters. The predicted molar refractivity (Wildman–Crippen MR) is 307 cm³/mol. The summed E-state index contributed by atoms with van der Waals surface area (Å²) in [5.74, 6) is -0.957. The van der Waals surface area contributed by atoms with Gasteiger partial charge in [-0.05, 0) is 116 Å². The van der Waals surface area contributed by atoms with Crippen LogP contribution in [-0.4, -0.2) is 37.2 Å². The van der Waals surface area contributed by atoms with E-state index in [1.807, 2.05) is 0 Å². The highest BCUT2D eigenvalue weighted by Gasteiger charge is 2.19. The molecule has 0 aliphatic rings. The van der Waals surface area contributed by atoms with Gasteiger partial charge in [0.2, 0.25) is 0 Å². The monoisotopic (exact) mass is 987 g/mol. The Kier molecular flexibility index (Phi) is 55.9. The van der Waals surface area contributed by atoms with E-state index >= 15 is 0 Å². The van der Waals surface area contributed by atoms with Crippen molar-refractivity contribution in [1.82, 2.24) is 0 Å². The molecule has 0 fully saturated rings. The minimum absolute atomic E-state index is 0.100. The van der Waals surface area contributed by atoms with Crippen molar-refractivity contribution < 1.29 is 28.6 Å². The molecule has 71 heavy (non-hydrogen) atoms. The number of allylic oxidation sites excluding steroid dienone is 16. The molecule has 0 amide bonds. The highest BCUT2D eigenvalue weighted by Crippen LogP contribution is 2.15. The zero-order valence-corrected chi connectivity index (χ0v) is 46.5. The summed E-state index contributed by atoms with van der Waals surface area (Å²) in [6, 6.07) is 0. The lowest BCUT2D eigenvalue weighted by Crippen LogP contribution is -2.30. The predicted octanol–water partition coefficient (Wildman–Crippen LogP) is 20.1. The first-order valence-corrected chi connectivity index (χ1v) is 29.7. The summed E-state index contributed by atoms with van der Waals surface area (Å²) >= 11 is 0. The Bertz CT molecular complexity index is 1410. The molecule has 0 N–H and O–H groups in total. The summed E-state index contributed by atoms with van der Waals surface area (Å²) in [5.41, 5.74) is 0. The molecule has 0 saturated carbocycles. The summed E-state index contributed by atoms with van der Waals surface area (Å²) in [6.45, 7) is 6.38. The number of unbranched alkanes of at least 4 members (excludes halogenated alkanes) is 26. The fraction of sp³-hybridized carbons (Fsp3) is 0.708. The van der Waals surface area contributed by atoms with E-state index in [4.69, 9.17) is 14.2 Å². The van der Waals surface area contributed by atoms with E-state index in [2.05, 4.69) is 118 Å². The normalized spacial score (nSPS) is 12.8. The van der Waals surface area contributed by atoms with Crippen LogP contribution in [0.5, 0.6) is 0 Å². The van der Waals surface area contributed by atoms with Gasteiger partial charge in [0.05, 0.1) is 0 Å². The van der Waals surface area contributed by atoms with Crippen LogP contribution < -0.4 is 0 Å². The quantitative estimate of drug-likeness (QED) is 0.0261. The van der Waals surface area contributed by atoms with E-state index in [0.717, 1.165) is 116 Å². The first kappa shape index (κ1) is 67.3. The van der Waals surface area contributed by atoms with Crippen molar-refractivity contribution in [3.05, 3.63) is 97.2 Å². The van der Waals surface area contributed by atoms with Crippen LogP contribution in [0.2, 0.25) is 0 Å². The third-order valence-corrected chi connectivity index (χ3v) is 12.6. The third kappa shape index (κ3) is 57.1. The second kappa shape index (κ2) is 58.9. The molecule has 0 saturated heterocycles. The number of carbonyl (C=O) groups is 3. The van der Waals surface area contributed by atoms with Gasteiger partial charge in [0.25, 0.3) is 0 Å². The lowest BCUT2D eigenvalue weighted by Gasteiger charge is -2.18. The van der Waals surface area contributed by atoms with Crippen LogP contribution in [0.1, 0.15) is 278 Å². The zero-order valence-electron chi connectivity index (χ0n) is 46.5. The third-order valence-electron chi connectivity index (χ3n) is 12.6. The maximum absolute atomic E-state index is 12.8. The van der Waals surface area contributed by atoms with E-state index in [0.29, 0.717) is 19.3 Å². The molecule has 6 nitrogen and oxygen atoms in total. The molecule has 0 aromatic heterocycles. The van der Waals surface area contributed by atoms with Crippen molar-refractivity contribution in [2.75, 3.05) is 13.2 Å². The fourth-order valence-electron chi connectivity index (χ4n) is 8.15. The maximum Gasteiger partial charge on any atom is 0.306 e. The van der Waals surface area contributed by atoms with Gasteiger partial charge in [-0.2, -0.15) is 0 Å². The van der Waals surface area contributed by atoms with Gasteiger partial charge in [-0.25, -0.2) is 0 Å². The molecular formula is C65H110O6. The standard InChI is InChI=1S/C65H110O6/c1-4-7-10-13-16-19-22-25-28-29-30-31-32-33-34-35-38-40-43-46-49-52-55-58-64(67)70-61-62(71-65(68)59-56-53-50-47-44-41-37-27-24-21-18-15-12-9-6-3)60-69-63(66)57-54-51-48-45-42-39-36-26-23-20-17-14-11-8-5-2/h8-9,11-12,17-18,20-21,26-27,29-30,36-37,44,47,62H,4-7,10,13-16,19,22-25,28,31-35,38-43,45-46,48-61H2,1-3H3/b11-8-,12-9-,20-17-,21-18-,30-29-,36-26-,37-27-,47-44-. The van der Waals surface area contributed by atoms with Crippen LogP contribution in [0, 0.1) is 0 Å². The molecule has 6 heteroatoms. The second-order valence-electron chi connectivity index (χ2n) is 19.5. The van der Waals surface area contributed by atoms with Crippen molar-refractivity contribution >= 4 is 17.9 Å².